The first-order chi connectivity index (χ1) is 17.2. The number of amides is 2. The molecule has 3 rings (SSSR count). The molecule has 0 saturated carbocycles. The number of carbonyl (C=O) groups excluding carboxylic acids is 3. The van der Waals surface area contributed by atoms with Crippen LogP contribution >= 0.6 is 15.9 Å². The number of anilines is 1. The number of nitro groups is 1. The van der Waals surface area contributed by atoms with Gasteiger partial charge in [-0.2, -0.15) is 0 Å². The predicted octanol–water partition coefficient (Wildman–Crippen LogP) is 4.56. The molecule has 10 nitrogen and oxygen atoms in total. The third-order valence-electron chi connectivity index (χ3n) is 4.85. The maximum atomic E-state index is 13.1. The zero-order valence-corrected chi connectivity index (χ0v) is 20.7. The molecule has 0 bridgehead atoms. The summed E-state index contributed by atoms with van der Waals surface area (Å²) in [7, 11) is 2.66. The van der Waals surface area contributed by atoms with Gasteiger partial charge in [-0.25, -0.2) is 4.79 Å². The Hall–Kier alpha value is -4.51. The van der Waals surface area contributed by atoms with E-state index in [-0.39, 0.29) is 28.3 Å². The van der Waals surface area contributed by atoms with Gasteiger partial charge in [-0.15, -0.1) is 0 Å². The number of nitrogens with zero attached hydrogens (tertiary/aromatic N) is 1. The van der Waals surface area contributed by atoms with Crippen molar-refractivity contribution < 1.29 is 28.8 Å². The van der Waals surface area contributed by atoms with Crippen LogP contribution in [0.4, 0.5) is 11.4 Å². The molecular formula is C25H20BrN3O7. The Morgan fingerprint density at radius 1 is 1.00 bits per heavy atom. The minimum Gasteiger partial charge on any atom is -0.496 e. The van der Waals surface area contributed by atoms with Crippen molar-refractivity contribution in [2.45, 2.75) is 0 Å². The number of carbonyl (C=O) groups is 3. The number of esters is 1. The quantitative estimate of drug-likeness (QED) is 0.180. The summed E-state index contributed by atoms with van der Waals surface area (Å²) in [6, 6.07) is 16.3. The van der Waals surface area contributed by atoms with Crippen LogP contribution in [0.15, 0.2) is 76.9 Å². The van der Waals surface area contributed by atoms with Gasteiger partial charge in [0.2, 0.25) is 0 Å². The largest absolute Gasteiger partial charge is 0.496 e. The van der Waals surface area contributed by atoms with Gasteiger partial charge in [0.15, 0.2) is 0 Å². The Balaban J connectivity index is 1.95. The zero-order chi connectivity index (χ0) is 26.2. The lowest BCUT2D eigenvalue weighted by molar-refractivity contribution is -0.384. The molecule has 0 aromatic heterocycles. The summed E-state index contributed by atoms with van der Waals surface area (Å²) < 4.78 is 10.5. The molecule has 184 valence electrons. The lowest BCUT2D eigenvalue weighted by atomic mass is 10.1. The highest BCUT2D eigenvalue weighted by molar-refractivity contribution is 9.10. The molecule has 0 aliphatic carbocycles. The van der Waals surface area contributed by atoms with Crippen LogP contribution in [0.2, 0.25) is 0 Å². The van der Waals surface area contributed by atoms with Gasteiger partial charge < -0.3 is 20.1 Å². The molecule has 0 fully saturated rings. The SMILES string of the molecule is COC(=O)c1ccc(NC(=O)C(=Cc2cccc([N+](=O)[O-])c2)NC(=O)c2cc(Br)ccc2OC)cc1. The average Bonchev–Trinajstić information content (AvgIpc) is 2.88. The molecule has 0 heterocycles. The molecule has 0 unspecified atom stereocenters. The molecule has 2 amide bonds. The third kappa shape index (κ3) is 6.54. The summed E-state index contributed by atoms with van der Waals surface area (Å²) in [5.41, 5.74) is 0.746. The summed E-state index contributed by atoms with van der Waals surface area (Å²) in [5.74, 6) is -1.59. The van der Waals surface area contributed by atoms with Gasteiger partial charge >= 0.3 is 5.97 Å². The van der Waals surface area contributed by atoms with E-state index in [1.54, 1.807) is 18.2 Å². The number of nitrogens with one attached hydrogen (secondary N) is 2. The molecule has 3 aromatic rings. The number of benzene rings is 3. The zero-order valence-electron chi connectivity index (χ0n) is 19.1. The van der Waals surface area contributed by atoms with Crippen molar-refractivity contribution in [3.63, 3.8) is 0 Å². The molecule has 0 spiro atoms. The fraction of sp³-hybridized carbons (Fsp3) is 0.0800. The Morgan fingerprint density at radius 2 is 1.72 bits per heavy atom. The molecular weight excluding hydrogens is 534 g/mol. The molecule has 0 radical (unpaired) electrons. The highest BCUT2D eigenvalue weighted by atomic mass is 79.9. The van der Waals surface area contributed by atoms with Crippen LogP contribution in [0, 0.1) is 10.1 Å². The van der Waals surface area contributed by atoms with Crippen LogP contribution in [0.5, 0.6) is 5.75 Å². The smallest absolute Gasteiger partial charge is 0.337 e. The van der Waals surface area contributed by atoms with Crippen LogP contribution in [-0.4, -0.2) is 36.9 Å². The minimum atomic E-state index is -0.699. The third-order valence-corrected chi connectivity index (χ3v) is 5.35. The molecule has 0 atom stereocenters. The van der Waals surface area contributed by atoms with Crippen molar-refractivity contribution in [2.24, 2.45) is 0 Å². The minimum absolute atomic E-state index is 0.159. The number of non-ortho nitro benzene ring substituents is 1. The lowest BCUT2D eigenvalue weighted by Crippen LogP contribution is -2.31. The monoisotopic (exact) mass is 553 g/mol. The molecule has 0 saturated heterocycles. The van der Waals surface area contributed by atoms with Crippen molar-refractivity contribution in [1.29, 1.82) is 0 Å². The summed E-state index contributed by atoms with van der Waals surface area (Å²) >= 11 is 3.30. The van der Waals surface area contributed by atoms with Crippen molar-refractivity contribution in [3.05, 3.63) is 104 Å². The maximum absolute atomic E-state index is 13.1. The number of hydrogen-bond donors (Lipinski definition) is 2. The summed E-state index contributed by atoms with van der Waals surface area (Å²) in [4.78, 5) is 48.4. The van der Waals surface area contributed by atoms with Crippen molar-refractivity contribution >= 4 is 51.2 Å². The molecule has 36 heavy (non-hydrogen) atoms. The van der Waals surface area contributed by atoms with E-state index in [9.17, 15) is 24.5 Å². The van der Waals surface area contributed by atoms with Crippen LogP contribution < -0.4 is 15.4 Å². The maximum Gasteiger partial charge on any atom is 0.337 e. The van der Waals surface area contributed by atoms with Crippen molar-refractivity contribution in [2.75, 3.05) is 19.5 Å². The van der Waals surface area contributed by atoms with Gasteiger partial charge in [-0.3, -0.25) is 19.7 Å². The van der Waals surface area contributed by atoms with Crippen LogP contribution in [0.25, 0.3) is 6.08 Å². The second kappa shape index (κ2) is 11.8. The molecule has 0 aliphatic rings. The first-order valence-corrected chi connectivity index (χ1v) is 11.1. The Labute approximate surface area is 214 Å². The van der Waals surface area contributed by atoms with Gasteiger partial charge in [-0.1, -0.05) is 28.1 Å². The van der Waals surface area contributed by atoms with Gasteiger partial charge in [0, 0.05) is 22.3 Å². The average molecular weight is 554 g/mol. The fourth-order valence-electron chi connectivity index (χ4n) is 3.11. The number of nitro benzene ring substituents is 1. The van der Waals surface area contributed by atoms with Crippen LogP contribution in [-0.2, 0) is 9.53 Å². The van der Waals surface area contributed by atoms with Crippen LogP contribution in [0.1, 0.15) is 26.3 Å². The van der Waals surface area contributed by atoms with Crippen LogP contribution in [0.3, 0.4) is 0 Å². The summed E-state index contributed by atoms with van der Waals surface area (Å²) in [6.45, 7) is 0. The van der Waals surface area contributed by atoms with Crippen molar-refractivity contribution in [1.82, 2.24) is 5.32 Å². The molecule has 3 aromatic carbocycles. The first kappa shape index (κ1) is 26.1. The van der Waals surface area contributed by atoms with E-state index in [0.717, 1.165) is 0 Å². The fourth-order valence-corrected chi connectivity index (χ4v) is 3.47. The van der Waals surface area contributed by atoms with Gasteiger partial charge in [0.05, 0.1) is 30.3 Å². The lowest BCUT2D eigenvalue weighted by Gasteiger charge is -2.13. The van der Waals surface area contributed by atoms with Crippen molar-refractivity contribution in [3.8, 4) is 5.75 Å². The summed E-state index contributed by atoms with van der Waals surface area (Å²) in [5, 5.41) is 16.3. The number of hydrogen-bond acceptors (Lipinski definition) is 7. The highest BCUT2D eigenvalue weighted by Crippen LogP contribution is 2.24. The normalized spacial score (nSPS) is 10.8. The Bertz CT molecular complexity index is 1350. The summed E-state index contributed by atoms with van der Waals surface area (Å²) in [6.07, 6.45) is 1.31. The van der Waals surface area contributed by atoms with E-state index >= 15 is 0 Å². The molecule has 0 aliphatic heterocycles. The highest BCUT2D eigenvalue weighted by Gasteiger charge is 2.19. The Morgan fingerprint density at radius 3 is 2.36 bits per heavy atom. The van der Waals surface area contributed by atoms with Gasteiger partial charge in [-0.05, 0) is 54.1 Å². The van der Waals surface area contributed by atoms with E-state index in [2.05, 4.69) is 31.3 Å². The van der Waals surface area contributed by atoms with Gasteiger partial charge in [0.25, 0.3) is 17.5 Å². The number of ether oxygens (including phenoxy) is 2. The topological polar surface area (TPSA) is 137 Å². The molecule has 2 N–H and O–H groups in total. The second-order valence-electron chi connectivity index (χ2n) is 7.23. The number of methoxy groups -OCH3 is 2. The van der Waals surface area contributed by atoms with E-state index in [1.807, 2.05) is 0 Å². The predicted molar refractivity (Wildman–Crippen MR) is 136 cm³/mol. The second-order valence-corrected chi connectivity index (χ2v) is 8.15. The van der Waals surface area contributed by atoms with E-state index < -0.39 is 22.7 Å². The van der Waals surface area contributed by atoms with E-state index in [1.165, 1.54) is 68.8 Å². The Kier molecular flexibility index (Phi) is 8.52. The van der Waals surface area contributed by atoms with E-state index in [0.29, 0.717) is 15.7 Å². The van der Waals surface area contributed by atoms with E-state index in [4.69, 9.17) is 4.74 Å². The number of rotatable bonds is 8. The van der Waals surface area contributed by atoms with Gasteiger partial charge in [0.1, 0.15) is 11.4 Å². The first-order valence-electron chi connectivity index (χ1n) is 10.3. The standard InChI is InChI=1S/C25H20BrN3O7/c1-35-22-11-8-17(26)14-20(22)23(30)28-21(13-15-4-3-5-19(12-15)29(33)34)24(31)27-18-9-6-16(7-10-18)25(32)36-2/h3-14H,1-2H3,(H,27,31)(H,28,30). The molecule has 11 heteroatoms. The number of halogens is 1.